The maximum atomic E-state index is 12.0. The van der Waals surface area contributed by atoms with Crippen LogP contribution in [0.2, 0.25) is 0 Å². The van der Waals surface area contributed by atoms with Gasteiger partial charge in [-0.2, -0.15) is 13.2 Å². The van der Waals surface area contributed by atoms with Crippen LogP contribution >= 0.6 is 0 Å². The number of urea groups is 1. The van der Waals surface area contributed by atoms with E-state index in [1.54, 1.807) is 18.2 Å². The number of anilines is 1. The van der Waals surface area contributed by atoms with Crippen LogP contribution in [0.4, 0.5) is 23.7 Å². The van der Waals surface area contributed by atoms with Crippen molar-refractivity contribution in [3.05, 3.63) is 29.3 Å². The Morgan fingerprint density at radius 2 is 2.00 bits per heavy atom. The summed E-state index contributed by atoms with van der Waals surface area (Å²) in [6.45, 7) is -0.732. The van der Waals surface area contributed by atoms with Gasteiger partial charge in [0.25, 0.3) is 0 Å². The lowest BCUT2D eigenvalue weighted by Crippen LogP contribution is -2.41. The van der Waals surface area contributed by atoms with Gasteiger partial charge in [0.2, 0.25) is 0 Å². The molecule has 0 unspecified atom stereocenters. The van der Waals surface area contributed by atoms with Crippen LogP contribution in [0, 0.1) is 0 Å². The third-order valence-corrected chi connectivity index (χ3v) is 2.68. The second-order valence-corrected chi connectivity index (χ2v) is 4.16. The fraction of sp³-hybridized carbons (Fsp3) is 0.364. The average Bonchev–Trinajstić information content (AvgIpc) is 2.67. The van der Waals surface area contributed by atoms with Crippen LogP contribution in [0.1, 0.15) is 11.1 Å². The topological polar surface area (TPSA) is 58.4 Å². The smallest absolute Gasteiger partial charge is 0.399 e. The van der Waals surface area contributed by atoms with Crippen molar-refractivity contribution < 1.29 is 18.0 Å². The Labute approximate surface area is 102 Å². The molecule has 2 rings (SSSR count). The Morgan fingerprint density at radius 3 is 2.67 bits per heavy atom. The van der Waals surface area contributed by atoms with E-state index in [9.17, 15) is 18.0 Å². The van der Waals surface area contributed by atoms with Gasteiger partial charge in [-0.3, -0.25) is 0 Å². The number of hydrogen-bond acceptors (Lipinski definition) is 2. The minimum atomic E-state index is -4.40. The summed E-state index contributed by atoms with van der Waals surface area (Å²) in [7, 11) is 0. The van der Waals surface area contributed by atoms with Crippen molar-refractivity contribution in [3.8, 4) is 0 Å². The molecule has 7 heteroatoms. The zero-order chi connectivity index (χ0) is 13.3. The van der Waals surface area contributed by atoms with Gasteiger partial charge in [0.1, 0.15) is 6.54 Å². The number of hydrogen-bond donors (Lipinski definition) is 2. The number of carbonyl (C=O) groups is 1. The molecule has 0 atom stereocenters. The third kappa shape index (κ3) is 2.85. The molecule has 0 aromatic heterocycles. The summed E-state index contributed by atoms with van der Waals surface area (Å²) in [5.74, 6) is 0. The van der Waals surface area contributed by atoms with Gasteiger partial charge in [0.15, 0.2) is 0 Å². The first-order chi connectivity index (χ1) is 8.35. The number of benzene rings is 1. The average molecular weight is 259 g/mol. The molecule has 3 N–H and O–H groups in total. The fourth-order valence-corrected chi connectivity index (χ4v) is 1.85. The highest BCUT2D eigenvalue weighted by atomic mass is 19.4. The number of alkyl halides is 3. The molecule has 0 saturated heterocycles. The first kappa shape index (κ1) is 12.5. The van der Waals surface area contributed by atoms with Crippen molar-refractivity contribution in [1.82, 2.24) is 10.2 Å². The normalized spacial score (nSPS) is 14.5. The molecule has 0 saturated carbocycles. The van der Waals surface area contributed by atoms with Crippen molar-refractivity contribution in [2.75, 3.05) is 12.3 Å². The van der Waals surface area contributed by atoms with Gasteiger partial charge in [-0.25, -0.2) is 4.79 Å². The molecule has 0 fully saturated rings. The number of rotatable bonds is 1. The fourth-order valence-electron chi connectivity index (χ4n) is 1.85. The molecule has 98 valence electrons. The van der Waals surface area contributed by atoms with E-state index in [4.69, 9.17) is 5.73 Å². The molecule has 1 aliphatic rings. The summed E-state index contributed by atoms with van der Waals surface area (Å²) in [5.41, 5.74) is 7.96. The van der Waals surface area contributed by atoms with Crippen LogP contribution in [0.25, 0.3) is 0 Å². The van der Waals surface area contributed by atoms with Gasteiger partial charge in [-0.15, -0.1) is 0 Å². The molecule has 1 aromatic carbocycles. The van der Waals surface area contributed by atoms with Crippen molar-refractivity contribution in [1.29, 1.82) is 0 Å². The zero-order valence-corrected chi connectivity index (χ0v) is 9.42. The van der Waals surface area contributed by atoms with Crippen molar-refractivity contribution in [2.24, 2.45) is 0 Å². The van der Waals surface area contributed by atoms with Gasteiger partial charge in [-0.05, 0) is 23.3 Å². The Balaban J connectivity index is 1.96. The van der Waals surface area contributed by atoms with E-state index in [2.05, 4.69) is 0 Å². The Kier molecular flexibility index (Phi) is 3.06. The molecule has 0 radical (unpaired) electrons. The van der Waals surface area contributed by atoms with Gasteiger partial charge >= 0.3 is 12.2 Å². The highest BCUT2D eigenvalue weighted by Gasteiger charge is 2.30. The molecular formula is C11H12F3N3O. The second-order valence-electron chi connectivity index (χ2n) is 4.16. The van der Waals surface area contributed by atoms with E-state index in [0.717, 1.165) is 11.1 Å². The van der Waals surface area contributed by atoms with Crippen LogP contribution in [-0.4, -0.2) is 23.7 Å². The van der Waals surface area contributed by atoms with E-state index in [0.29, 0.717) is 12.2 Å². The molecule has 1 aliphatic heterocycles. The van der Waals surface area contributed by atoms with Crippen molar-refractivity contribution in [3.63, 3.8) is 0 Å². The SMILES string of the molecule is Nc1ccc2c(c1)CN(C(=O)NCC(F)(F)F)C2. The molecule has 0 spiro atoms. The number of carbonyl (C=O) groups excluding carboxylic acids is 1. The molecule has 2 amide bonds. The van der Waals surface area contributed by atoms with Crippen molar-refractivity contribution >= 4 is 11.7 Å². The van der Waals surface area contributed by atoms with Crippen LogP contribution in [0.5, 0.6) is 0 Å². The van der Waals surface area contributed by atoms with Gasteiger partial charge in [0, 0.05) is 18.8 Å². The maximum absolute atomic E-state index is 12.0. The maximum Gasteiger partial charge on any atom is 0.405 e. The summed E-state index contributed by atoms with van der Waals surface area (Å²) in [5, 5.41) is 1.84. The largest absolute Gasteiger partial charge is 0.405 e. The summed E-state index contributed by atoms with van der Waals surface area (Å²) >= 11 is 0. The zero-order valence-electron chi connectivity index (χ0n) is 9.42. The first-order valence-corrected chi connectivity index (χ1v) is 5.32. The lowest BCUT2D eigenvalue weighted by atomic mass is 10.1. The van der Waals surface area contributed by atoms with E-state index < -0.39 is 18.8 Å². The highest BCUT2D eigenvalue weighted by Crippen LogP contribution is 2.24. The predicted octanol–water partition coefficient (Wildman–Crippen LogP) is 1.86. The van der Waals surface area contributed by atoms with Crippen LogP contribution < -0.4 is 11.1 Å². The monoisotopic (exact) mass is 259 g/mol. The number of nitrogen functional groups attached to an aromatic ring is 1. The standard InChI is InChI=1S/C11H12F3N3O/c12-11(13,14)6-16-10(18)17-4-7-1-2-9(15)3-8(7)5-17/h1-3H,4-6,15H2,(H,16,18). The first-order valence-electron chi connectivity index (χ1n) is 5.32. The molecule has 0 bridgehead atoms. The Hall–Kier alpha value is -1.92. The number of nitrogens with zero attached hydrogens (tertiary/aromatic N) is 1. The molecule has 1 aromatic rings. The minimum Gasteiger partial charge on any atom is -0.399 e. The highest BCUT2D eigenvalue weighted by molar-refractivity contribution is 5.75. The molecule has 0 aliphatic carbocycles. The number of nitrogens with one attached hydrogen (secondary N) is 1. The summed E-state index contributed by atoms with van der Waals surface area (Å²) < 4.78 is 35.9. The number of fused-ring (bicyclic) bond motifs is 1. The van der Waals surface area contributed by atoms with Gasteiger partial charge in [-0.1, -0.05) is 6.07 Å². The lowest BCUT2D eigenvalue weighted by molar-refractivity contribution is -0.123. The summed E-state index contributed by atoms with van der Waals surface area (Å²) in [4.78, 5) is 12.8. The van der Waals surface area contributed by atoms with Crippen molar-refractivity contribution in [2.45, 2.75) is 19.3 Å². The third-order valence-electron chi connectivity index (χ3n) is 2.68. The second kappa shape index (κ2) is 4.40. The van der Waals surface area contributed by atoms with Crippen LogP contribution in [0.15, 0.2) is 18.2 Å². The quantitative estimate of drug-likeness (QED) is 0.756. The van der Waals surface area contributed by atoms with E-state index in [1.807, 2.05) is 5.32 Å². The van der Waals surface area contributed by atoms with E-state index in [-0.39, 0.29) is 6.54 Å². The van der Waals surface area contributed by atoms with E-state index >= 15 is 0 Å². The number of amides is 2. The number of halogens is 3. The minimum absolute atomic E-state index is 0.282. The van der Waals surface area contributed by atoms with E-state index in [1.165, 1.54) is 4.90 Å². The molecule has 18 heavy (non-hydrogen) atoms. The summed E-state index contributed by atoms with van der Waals surface area (Å²) in [6.07, 6.45) is -4.40. The molecule has 1 heterocycles. The summed E-state index contributed by atoms with van der Waals surface area (Å²) in [6, 6.07) is 4.49. The Bertz CT molecular complexity index is 473. The van der Waals surface area contributed by atoms with Crippen LogP contribution in [0.3, 0.4) is 0 Å². The Morgan fingerprint density at radius 1 is 1.33 bits per heavy atom. The molecule has 4 nitrogen and oxygen atoms in total. The lowest BCUT2D eigenvalue weighted by Gasteiger charge is -2.17. The number of nitrogens with two attached hydrogens (primary N) is 1. The van der Waals surface area contributed by atoms with Gasteiger partial charge in [0.05, 0.1) is 0 Å². The van der Waals surface area contributed by atoms with Gasteiger partial charge < -0.3 is 16.0 Å². The predicted molar refractivity (Wildman–Crippen MR) is 59.6 cm³/mol. The van der Waals surface area contributed by atoms with Crippen LogP contribution in [-0.2, 0) is 13.1 Å². The molecular weight excluding hydrogens is 247 g/mol.